The van der Waals surface area contributed by atoms with Crippen molar-refractivity contribution in [2.24, 2.45) is 0 Å². The van der Waals surface area contributed by atoms with E-state index in [0.29, 0.717) is 6.42 Å². The molecule has 0 spiro atoms. The van der Waals surface area contributed by atoms with Crippen LogP contribution >= 0.6 is 0 Å². The number of carbonyl (C=O) groups excluding carboxylic acids is 1. The first-order valence-electron chi connectivity index (χ1n) is 8.11. The predicted octanol–water partition coefficient (Wildman–Crippen LogP) is 3.05. The quantitative estimate of drug-likeness (QED) is 0.871. The first kappa shape index (κ1) is 15.5. The Balaban J connectivity index is 1.77. The highest BCUT2D eigenvalue weighted by molar-refractivity contribution is 5.79. The summed E-state index contributed by atoms with van der Waals surface area (Å²) in [7, 11) is 4.08. The fourth-order valence-corrected chi connectivity index (χ4v) is 3.20. The number of benzene rings is 1. The summed E-state index contributed by atoms with van der Waals surface area (Å²) in [5.41, 5.74) is 3.44. The van der Waals surface area contributed by atoms with Crippen LogP contribution in [0.3, 0.4) is 0 Å². The van der Waals surface area contributed by atoms with E-state index in [1.54, 1.807) is 12.4 Å². The smallest absolute Gasteiger partial charge is 0.227 e. The maximum absolute atomic E-state index is 12.7. The zero-order valence-corrected chi connectivity index (χ0v) is 13.8. The van der Waals surface area contributed by atoms with Gasteiger partial charge < -0.3 is 9.80 Å². The van der Waals surface area contributed by atoms with E-state index in [1.807, 2.05) is 31.1 Å². The lowest BCUT2D eigenvalue weighted by molar-refractivity contribution is -0.131. The lowest BCUT2D eigenvalue weighted by Crippen LogP contribution is -2.31. The average molecular weight is 309 g/mol. The van der Waals surface area contributed by atoms with Gasteiger partial charge in [0.2, 0.25) is 5.91 Å². The molecular weight excluding hydrogens is 286 g/mol. The number of pyridine rings is 1. The Morgan fingerprint density at radius 2 is 2.04 bits per heavy atom. The topological polar surface area (TPSA) is 36.4 Å². The Morgan fingerprint density at radius 3 is 2.78 bits per heavy atom. The third-order valence-electron chi connectivity index (χ3n) is 4.45. The number of amides is 1. The SMILES string of the molecule is CN(C)c1cccc(C2CCCN2C(=O)Cc2ccncc2)c1. The molecule has 4 heteroatoms. The average Bonchev–Trinajstić information content (AvgIpc) is 3.05. The second kappa shape index (κ2) is 6.82. The molecular formula is C19H23N3O. The number of carbonyl (C=O) groups is 1. The highest BCUT2D eigenvalue weighted by Crippen LogP contribution is 2.33. The molecule has 120 valence electrons. The molecule has 1 unspecified atom stereocenters. The molecule has 2 heterocycles. The molecule has 1 amide bonds. The maximum atomic E-state index is 12.7. The molecule has 1 aliphatic rings. The van der Waals surface area contributed by atoms with Crippen molar-refractivity contribution in [2.75, 3.05) is 25.5 Å². The van der Waals surface area contributed by atoms with Crippen molar-refractivity contribution in [3.63, 3.8) is 0 Å². The number of likely N-dealkylation sites (tertiary alicyclic amines) is 1. The summed E-state index contributed by atoms with van der Waals surface area (Å²) in [6, 6.07) is 12.5. The van der Waals surface area contributed by atoms with Gasteiger partial charge >= 0.3 is 0 Å². The first-order chi connectivity index (χ1) is 11.1. The number of anilines is 1. The van der Waals surface area contributed by atoms with E-state index in [1.165, 1.54) is 11.3 Å². The molecule has 0 aliphatic carbocycles. The van der Waals surface area contributed by atoms with E-state index in [4.69, 9.17) is 0 Å². The molecule has 2 aromatic rings. The van der Waals surface area contributed by atoms with Crippen LogP contribution in [0.5, 0.6) is 0 Å². The molecule has 23 heavy (non-hydrogen) atoms. The first-order valence-corrected chi connectivity index (χ1v) is 8.11. The van der Waals surface area contributed by atoms with Crippen molar-refractivity contribution in [3.8, 4) is 0 Å². The number of hydrogen-bond acceptors (Lipinski definition) is 3. The van der Waals surface area contributed by atoms with Gasteiger partial charge in [-0.05, 0) is 48.2 Å². The van der Waals surface area contributed by atoms with Gasteiger partial charge in [0.1, 0.15) is 0 Å². The third kappa shape index (κ3) is 3.52. The zero-order valence-electron chi connectivity index (χ0n) is 13.8. The van der Waals surface area contributed by atoms with E-state index in [0.717, 1.165) is 24.9 Å². The van der Waals surface area contributed by atoms with E-state index < -0.39 is 0 Å². The van der Waals surface area contributed by atoms with E-state index >= 15 is 0 Å². The molecule has 1 saturated heterocycles. The minimum Gasteiger partial charge on any atom is -0.378 e. The fraction of sp³-hybridized carbons (Fsp3) is 0.368. The van der Waals surface area contributed by atoms with E-state index in [2.05, 4.69) is 34.1 Å². The second-order valence-corrected chi connectivity index (χ2v) is 6.27. The molecule has 0 radical (unpaired) electrons. The predicted molar refractivity (Wildman–Crippen MR) is 92.4 cm³/mol. The number of aromatic nitrogens is 1. The summed E-state index contributed by atoms with van der Waals surface area (Å²) >= 11 is 0. The molecule has 1 fully saturated rings. The minimum absolute atomic E-state index is 0.198. The molecule has 1 aromatic carbocycles. The Hall–Kier alpha value is -2.36. The second-order valence-electron chi connectivity index (χ2n) is 6.27. The van der Waals surface area contributed by atoms with Crippen LogP contribution in [0.4, 0.5) is 5.69 Å². The normalized spacial score (nSPS) is 17.3. The molecule has 1 aliphatic heterocycles. The highest BCUT2D eigenvalue weighted by Gasteiger charge is 2.29. The summed E-state index contributed by atoms with van der Waals surface area (Å²) < 4.78 is 0. The Bertz CT molecular complexity index is 669. The Labute approximate surface area is 137 Å². The fourth-order valence-electron chi connectivity index (χ4n) is 3.20. The number of nitrogens with zero attached hydrogens (tertiary/aromatic N) is 3. The maximum Gasteiger partial charge on any atom is 0.227 e. The summed E-state index contributed by atoms with van der Waals surface area (Å²) in [4.78, 5) is 20.9. The van der Waals surface area contributed by atoms with Crippen molar-refractivity contribution >= 4 is 11.6 Å². The van der Waals surface area contributed by atoms with Gasteiger partial charge in [0.25, 0.3) is 0 Å². The van der Waals surface area contributed by atoms with Crippen molar-refractivity contribution in [2.45, 2.75) is 25.3 Å². The van der Waals surface area contributed by atoms with Crippen LogP contribution in [0.2, 0.25) is 0 Å². The van der Waals surface area contributed by atoms with E-state index in [9.17, 15) is 4.79 Å². The molecule has 1 aromatic heterocycles. The Morgan fingerprint density at radius 1 is 1.26 bits per heavy atom. The zero-order chi connectivity index (χ0) is 16.2. The van der Waals surface area contributed by atoms with Crippen LogP contribution in [0.15, 0.2) is 48.8 Å². The van der Waals surface area contributed by atoms with Gasteiger partial charge in [0, 0.05) is 38.7 Å². The van der Waals surface area contributed by atoms with Crippen LogP contribution in [-0.4, -0.2) is 36.4 Å². The lowest BCUT2D eigenvalue weighted by Gasteiger charge is -2.26. The van der Waals surface area contributed by atoms with Crippen LogP contribution in [-0.2, 0) is 11.2 Å². The minimum atomic E-state index is 0.198. The van der Waals surface area contributed by atoms with Crippen LogP contribution in [0.25, 0.3) is 0 Å². The van der Waals surface area contributed by atoms with E-state index in [-0.39, 0.29) is 11.9 Å². The van der Waals surface area contributed by atoms with Gasteiger partial charge in [0.15, 0.2) is 0 Å². The van der Waals surface area contributed by atoms with Crippen LogP contribution in [0.1, 0.15) is 30.0 Å². The van der Waals surface area contributed by atoms with Gasteiger partial charge in [0.05, 0.1) is 12.5 Å². The van der Waals surface area contributed by atoms with Gasteiger partial charge in [-0.2, -0.15) is 0 Å². The summed E-state index contributed by atoms with van der Waals surface area (Å²) in [5.74, 6) is 0.203. The van der Waals surface area contributed by atoms with Gasteiger partial charge in [-0.1, -0.05) is 12.1 Å². The molecule has 4 nitrogen and oxygen atoms in total. The molecule has 0 saturated carbocycles. The molecule has 1 atom stereocenters. The van der Waals surface area contributed by atoms with Crippen LogP contribution < -0.4 is 4.90 Å². The summed E-state index contributed by atoms with van der Waals surface area (Å²) in [5, 5.41) is 0. The third-order valence-corrected chi connectivity index (χ3v) is 4.45. The van der Waals surface area contributed by atoms with Gasteiger partial charge in [-0.15, -0.1) is 0 Å². The summed E-state index contributed by atoms with van der Waals surface area (Å²) in [6.07, 6.45) is 6.04. The molecule has 0 bridgehead atoms. The van der Waals surface area contributed by atoms with Crippen LogP contribution in [0, 0.1) is 0 Å². The molecule has 3 rings (SSSR count). The highest BCUT2D eigenvalue weighted by atomic mass is 16.2. The number of hydrogen-bond donors (Lipinski definition) is 0. The Kier molecular flexibility index (Phi) is 4.60. The van der Waals surface area contributed by atoms with Crippen molar-refractivity contribution in [1.29, 1.82) is 0 Å². The van der Waals surface area contributed by atoms with Crippen molar-refractivity contribution < 1.29 is 4.79 Å². The standard InChI is InChI=1S/C19H23N3O/c1-21(2)17-6-3-5-16(14-17)18-7-4-12-22(18)19(23)13-15-8-10-20-11-9-15/h3,5-6,8-11,14,18H,4,7,12-13H2,1-2H3. The monoisotopic (exact) mass is 309 g/mol. The van der Waals surface area contributed by atoms with Gasteiger partial charge in [-0.25, -0.2) is 0 Å². The van der Waals surface area contributed by atoms with Crippen molar-refractivity contribution in [3.05, 3.63) is 59.9 Å². The largest absolute Gasteiger partial charge is 0.378 e. The van der Waals surface area contributed by atoms with Gasteiger partial charge in [-0.3, -0.25) is 9.78 Å². The lowest BCUT2D eigenvalue weighted by atomic mass is 10.0. The molecule has 0 N–H and O–H groups in total. The van der Waals surface area contributed by atoms with Crippen molar-refractivity contribution in [1.82, 2.24) is 9.88 Å². The summed E-state index contributed by atoms with van der Waals surface area (Å²) in [6.45, 7) is 0.848. The number of rotatable bonds is 4.